The first-order chi connectivity index (χ1) is 8.88. The van der Waals surface area contributed by atoms with Gasteiger partial charge in [-0.05, 0) is 37.0 Å². The number of nitrogens with one attached hydrogen (secondary N) is 1. The summed E-state index contributed by atoms with van der Waals surface area (Å²) in [5.74, 6) is 0.902. The van der Waals surface area contributed by atoms with Gasteiger partial charge in [-0.1, -0.05) is 36.9 Å². The standard InChI is InChI=1S/C16H21NO/c1-2-12-18-16-10-8-14(9-11-16)13-17-15-6-4-3-5-7-15/h2-4,8-11,15,17H,1,5-7,12-13H2. The first kappa shape index (κ1) is 12.9. The maximum Gasteiger partial charge on any atom is 0.119 e. The van der Waals surface area contributed by atoms with Crippen LogP contribution in [0, 0.1) is 0 Å². The van der Waals surface area contributed by atoms with E-state index in [4.69, 9.17) is 4.74 Å². The second-order valence-electron chi connectivity index (χ2n) is 4.61. The molecule has 0 heterocycles. The molecule has 1 aliphatic carbocycles. The largest absolute Gasteiger partial charge is 0.490 e. The molecular formula is C16H21NO. The molecule has 0 saturated carbocycles. The number of allylic oxidation sites excluding steroid dienone is 1. The number of hydrogen-bond acceptors (Lipinski definition) is 2. The van der Waals surface area contributed by atoms with Gasteiger partial charge in [0.15, 0.2) is 0 Å². The molecule has 96 valence electrons. The fraction of sp³-hybridized carbons (Fsp3) is 0.375. The lowest BCUT2D eigenvalue weighted by Gasteiger charge is -2.19. The zero-order valence-electron chi connectivity index (χ0n) is 10.8. The van der Waals surface area contributed by atoms with E-state index in [2.05, 4.69) is 36.2 Å². The molecule has 0 radical (unpaired) electrons. The van der Waals surface area contributed by atoms with E-state index in [9.17, 15) is 0 Å². The molecule has 1 atom stereocenters. The first-order valence-electron chi connectivity index (χ1n) is 6.59. The molecule has 0 fully saturated rings. The summed E-state index contributed by atoms with van der Waals surface area (Å²) in [5, 5.41) is 3.59. The number of hydrogen-bond donors (Lipinski definition) is 1. The van der Waals surface area contributed by atoms with Crippen LogP contribution in [-0.2, 0) is 6.54 Å². The highest BCUT2D eigenvalue weighted by Crippen LogP contribution is 2.14. The van der Waals surface area contributed by atoms with Crippen LogP contribution in [0.3, 0.4) is 0 Å². The summed E-state index contributed by atoms with van der Waals surface area (Å²) < 4.78 is 5.46. The van der Waals surface area contributed by atoms with E-state index in [1.54, 1.807) is 6.08 Å². The molecule has 0 aromatic heterocycles. The van der Waals surface area contributed by atoms with Crippen LogP contribution in [0.5, 0.6) is 5.75 Å². The van der Waals surface area contributed by atoms with Gasteiger partial charge < -0.3 is 10.1 Å². The summed E-state index contributed by atoms with van der Waals surface area (Å²) in [5.41, 5.74) is 1.30. The van der Waals surface area contributed by atoms with Crippen LogP contribution < -0.4 is 10.1 Å². The Hall–Kier alpha value is -1.54. The summed E-state index contributed by atoms with van der Waals surface area (Å²) in [6, 6.07) is 8.89. The smallest absolute Gasteiger partial charge is 0.119 e. The van der Waals surface area contributed by atoms with E-state index in [1.165, 1.54) is 18.4 Å². The topological polar surface area (TPSA) is 21.3 Å². The zero-order valence-corrected chi connectivity index (χ0v) is 10.8. The Morgan fingerprint density at radius 3 is 2.78 bits per heavy atom. The lowest BCUT2D eigenvalue weighted by atomic mass is 10.0. The molecule has 1 N–H and O–H groups in total. The van der Waals surface area contributed by atoms with Crippen molar-refractivity contribution in [3.05, 3.63) is 54.6 Å². The van der Waals surface area contributed by atoms with Gasteiger partial charge in [-0.25, -0.2) is 0 Å². The molecule has 0 aliphatic heterocycles. The van der Waals surface area contributed by atoms with Crippen molar-refractivity contribution in [2.24, 2.45) is 0 Å². The predicted octanol–water partition coefficient (Wildman–Crippen LogP) is 3.45. The van der Waals surface area contributed by atoms with Crippen LogP contribution in [0.2, 0.25) is 0 Å². The molecule has 0 amide bonds. The van der Waals surface area contributed by atoms with Crippen molar-refractivity contribution in [1.82, 2.24) is 5.32 Å². The Kier molecular flexibility index (Phi) is 5.03. The van der Waals surface area contributed by atoms with Gasteiger partial charge >= 0.3 is 0 Å². The summed E-state index contributed by atoms with van der Waals surface area (Å²) in [6.07, 6.45) is 9.90. The molecule has 2 nitrogen and oxygen atoms in total. The highest BCUT2D eigenvalue weighted by Gasteiger charge is 2.08. The Labute approximate surface area is 109 Å². The minimum absolute atomic E-state index is 0.562. The third-order valence-corrected chi connectivity index (χ3v) is 3.16. The molecule has 1 aliphatic rings. The van der Waals surface area contributed by atoms with E-state index >= 15 is 0 Å². The van der Waals surface area contributed by atoms with Crippen LogP contribution in [0.4, 0.5) is 0 Å². The van der Waals surface area contributed by atoms with Crippen molar-refractivity contribution in [1.29, 1.82) is 0 Å². The quantitative estimate of drug-likeness (QED) is 0.773. The van der Waals surface area contributed by atoms with E-state index in [0.717, 1.165) is 18.7 Å². The summed E-state index contributed by atoms with van der Waals surface area (Å²) in [7, 11) is 0. The van der Waals surface area contributed by atoms with Gasteiger partial charge in [0, 0.05) is 12.6 Å². The third kappa shape index (κ3) is 4.04. The molecule has 0 spiro atoms. The molecular weight excluding hydrogens is 222 g/mol. The summed E-state index contributed by atoms with van der Waals surface area (Å²) >= 11 is 0. The van der Waals surface area contributed by atoms with E-state index < -0.39 is 0 Å². The van der Waals surface area contributed by atoms with Crippen molar-refractivity contribution in [3.8, 4) is 5.75 Å². The van der Waals surface area contributed by atoms with Gasteiger partial charge in [0.05, 0.1) is 0 Å². The third-order valence-electron chi connectivity index (χ3n) is 3.16. The van der Waals surface area contributed by atoms with Crippen molar-refractivity contribution in [2.75, 3.05) is 6.61 Å². The van der Waals surface area contributed by atoms with Crippen LogP contribution >= 0.6 is 0 Å². The average molecular weight is 243 g/mol. The lowest BCUT2D eigenvalue weighted by Crippen LogP contribution is -2.29. The maximum atomic E-state index is 5.46. The first-order valence-corrected chi connectivity index (χ1v) is 6.59. The highest BCUT2D eigenvalue weighted by atomic mass is 16.5. The van der Waals surface area contributed by atoms with Crippen molar-refractivity contribution in [2.45, 2.75) is 31.8 Å². The second kappa shape index (κ2) is 7.02. The number of rotatable bonds is 6. The van der Waals surface area contributed by atoms with Gasteiger partial charge in [-0.2, -0.15) is 0 Å². The van der Waals surface area contributed by atoms with Crippen molar-refractivity contribution >= 4 is 0 Å². The fourth-order valence-corrected chi connectivity index (χ4v) is 2.10. The van der Waals surface area contributed by atoms with Gasteiger partial charge in [0.25, 0.3) is 0 Å². The van der Waals surface area contributed by atoms with Crippen molar-refractivity contribution in [3.63, 3.8) is 0 Å². The lowest BCUT2D eigenvalue weighted by molar-refractivity contribution is 0.363. The molecule has 18 heavy (non-hydrogen) atoms. The highest BCUT2D eigenvalue weighted by molar-refractivity contribution is 5.27. The summed E-state index contributed by atoms with van der Waals surface area (Å²) in [6.45, 7) is 5.13. The molecule has 0 saturated heterocycles. The molecule has 2 heteroatoms. The summed E-state index contributed by atoms with van der Waals surface area (Å²) in [4.78, 5) is 0. The normalized spacial score (nSPS) is 18.6. The van der Waals surface area contributed by atoms with Gasteiger partial charge in [-0.15, -0.1) is 0 Å². The van der Waals surface area contributed by atoms with E-state index in [1.807, 2.05) is 12.1 Å². The van der Waals surface area contributed by atoms with Gasteiger partial charge in [-0.3, -0.25) is 0 Å². The van der Waals surface area contributed by atoms with Crippen molar-refractivity contribution < 1.29 is 4.74 Å². The van der Waals surface area contributed by atoms with Gasteiger partial charge in [0.2, 0.25) is 0 Å². The minimum Gasteiger partial charge on any atom is -0.490 e. The Balaban J connectivity index is 1.78. The molecule has 0 bridgehead atoms. The number of benzene rings is 1. The van der Waals surface area contributed by atoms with Crippen LogP contribution in [0.15, 0.2) is 49.1 Å². The zero-order chi connectivity index (χ0) is 12.6. The SMILES string of the molecule is C=CCOc1ccc(CNC2CC=CCC2)cc1. The molecule has 1 aromatic carbocycles. The second-order valence-corrected chi connectivity index (χ2v) is 4.61. The molecule has 1 unspecified atom stereocenters. The van der Waals surface area contributed by atoms with Crippen LogP contribution in [-0.4, -0.2) is 12.6 Å². The monoisotopic (exact) mass is 243 g/mol. The Morgan fingerprint density at radius 2 is 2.11 bits per heavy atom. The van der Waals surface area contributed by atoms with E-state index in [-0.39, 0.29) is 0 Å². The molecule has 2 rings (SSSR count). The van der Waals surface area contributed by atoms with Crippen LogP contribution in [0.25, 0.3) is 0 Å². The van der Waals surface area contributed by atoms with Crippen LogP contribution in [0.1, 0.15) is 24.8 Å². The van der Waals surface area contributed by atoms with Gasteiger partial charge in [0.1, 0.15) is 12.4 Å². The molecule has 1 aromatic rings. The number of ether oxygens (including phenoxy) is 1. The Bertz CT molecular complexity index is 394. The van der Waals surface area contributed by atoms with E-state index in [0.29, 0.717) is 12.6 Å². The Morgan fingerprint density at radius 1 is 1.28 bits per heavy atom. The fourth-order valence-electron chi connectivity index (χ4n) is 2.10. The predicted molar refractivity (Wildman–Crippen MR) is 75.8 cm³/mol. The average Bonchev–Trinajstić information content (AvgIpc) is 2.45. The maximum absolute atomic E-state index is 5.46. The minimum atomic E-state index is 0.562.